The van der Waals surface area contributed by atoms with E-state index in [1.54, 1.807) is 18.6 Å². The molecule has 3 aromatic heterocycles. The van der Waals surface area contributed by atoms with Crippen LogP contribution in [0.5, 0.6) is 0 Å². The van der Waals surface area contributed by atoms with Gasteiger partial charge in [0.1, 0.15) is 5.82 Å². The van der Waals surface area contributed by atoms with Gasteiger partial charge in [-0.1, -0.05) is 12.2 Å². The summed E-state index contributed by atoms with van der Waals surface area (Å²) in [7, 11) is 0. The lowest BCUT2D eigenvalue weighted by Gasteiger charge is -2.02. The van der Waals surface area contributed by atoms with Crippen molar-refractivity contribution in [3.05, 3.63) is 47.9 Å². The molecule has 98 valence electrons. The van der Waals surface area contributed by atoms with Gasteiger partial charge in [0, 0.05) is 18.6 Å². The molecule has 0 aromatic carbocycles. The minimum atomic E-state index is 0.127. The second-order valence-electron chi connectivity index (χ2n) is 4.22. The van der Waals surface area contributed by atoms with E-state index in [1.165, 1.54) is 0 Å². The van der Waals surface area contributed by atoms with Crippen molar-refractivity contribution >= 4 is 35.0 Å². The number of rotatable bonds is 2. The summed E-state index contributed by atoms with van der Waals surface area (Å²) in [6.45, 7) is 0. The van der Waals surface area contributed by atoms with E-state index in [9.17, 15) is 0 Å². The Labute approximate surface area is 115 Å². The molecule has 3 aromatic rings. The smallest absolute Gasteiger partial charge is 0.224 e. The average molecular weight is 264 g/mol. The minimum absolute atomic E-state index is 0.127. The summed E-state index contributed by atoms with van der Waals surface area (Å²) >= 11 is 0. The Morgan fingerprint density at radius 3 is 2.50 bits per heavy atom. The SMILES string of the molecule is Nc1nc(N)c2cc(/C=C/c3ccncc3)cnc2n1. The van der Waals surface area contributed by atoms with E-state index >= 15 is 0 Å². The van der Waals surface area contributed by atoms with Crippen molar-refractivity contribution in [1.29, 1.82) is 0 Å². The standard InChI is InChI=1S/C14H12N6/c15-12-11-7-10(2-1-9-3-5-17-6-4-9)8-18-13(11)20-14(16)19-12/h1-8H,(H4,15,16,18,19,20)/b2-1+. The van der Waals surface area contributed by atoms with Gasteiger partial charge in [-0.05, 0) is 29.3 Å². The molecule has 3 heterocycles. The molecule has 3 rings (SSSR count). The first-order valence-electron chi connectivity index (χ1n) is 5.99. The van der Waals surface area contributed by atoms with Crippen molar-refractivity contribution in [3.8, 4) is 0 Å². The Kier molecular flexibility index (Phi) is 2.96. The highest BCUT2D eigenvalue weighted by Gasteiger charge is 2.04. The molecule has 0 atom stereocenters. The number of pyridine rings is 2. The number of anilines is 2. The third-order valence-electron chi connectivity index (χ3n) is 2.79. The van der Waals surface area contributed by atoms with E-state index in [0.29, 0.717) is 16.9 Å². The lowest BCUT2D eigenvalue weighted by molar-refractivity contribution is 1.20. The third kappa shape index (κ3) is 2.39. The molecule has 0 saturated heterocycles. The van der Waals surface area contributed by atoms with Gasteiger partial charge in [-0.15, -0.1) is 0 Å². The topological polar surface area (TPSA) is 104 Å². The average Bonchev–Trinajstić information content (AvgIpc) is 2.46. The van der Waals surface area contributed by atoms with Crippen molar-refractivity contribution in [2.45, 2.75) is 0 Å². The van der Waals surface area contributed by atoms with Crippen LogP contribution in [-0.4, -0.2) is 19.9 Å². The fraction of sp³-hybridized carbons (Fsp3) is 0. The molecule has 6 heteroatoms. The van der Waals surface area contributed by atoms with Crippen molar-refractivity contribution in [2.24, 2.45) is 0 Å². The molecule has 0 aliphatic heterocycles. The van der Waals surface area contributed by atoms with Crippen LogP contribution in [0, 0.1) is 0 Å². The Balaban J connectivity index is 1.99. The molecule has 0 unspecified atom stereocenters. The first-order chi connectivity index (χ1) is 9.72. The Morgan fingerprint density at radius 1 is 0.950 bits per heavy atom. The van der Waals surface area contributed by atoms with Gasteiger partial charge < -0.3 is 11.5 Å². The Hall–Kier alpha value is -3.02. The Morgan fingerprint density at radius 2 is 1.70 bits per heavy atom. The summed E-state index contributed by atoms with van der Waals surface area (Å²) in [4.78, 5) is 16.2. The van der Waals surface area contributed by atoms with Crippen LogP contribution in [0.15, 0.2) is 36.8 Å². The molecule has 4 N–H and O–H groups in total. The molecule has 6 nitrogen and oxygen atoms in total. The molecule has 20 heavy (non-hydrogen) atoms. The maximum Gasteiger partial charge on any atom is 0.224 e. The van der Waals surface area contributed by atoms with Gasteiger partial charge in [0.05, 0.1) is 5.39 Å². The highest BCUT2D eigenvalue weighted by Crippen LogP contribution is 2.19. The highest BCUT2D eigenvalue weighted by molar-refractivity contribution is 5.88. The van der Waals surface area contributed by atoms with Gasteiger partial charge in [0.15, 0.2) is 5.65 Å². The van der Waals surface area contributed by atoms with Crippen molar-refractivity contribution in [1.82, 2.24) is 19.9 Å². The summed E-state index contributed by atoms with van der Waals surface area (Å²) < 4.78 is 0. The van der Waals surface area contributed by atoms with Crippen LogP contribution in [0.2, 0.25) is 0 Å². The number of hydrogen-bond acceptors (Lipinski definition) is 6. The molecular weight excluding hydrogens is 252 g/mol. The zero-order valence-corrected chi connectivity index (χ0v) is 10.6. The van der Waals surface area contributed by atoms with Gasteiger partial charge in [0.25, 0.3) is 0 Å². The second kappa shape index (κ2) is 4.93. The lowest BCUT2D eigenvalue weighted by Crippen LogP contribution is -2.01. The maximum absolute atomic E-state index is 5.83. The van der Waals surface area contributed by atoms with Crippen LogP contribution in [0.3, 0.4) is 0 Å². The van der Waals surface area contributed by atoms with E-state index in [1.807, 2.05) is 30.4 Å². The molecule has 0 amide bonds. The fourth-order valence-corrected chi connectivity index (χ4v) is 1.83. The molecule has 0 bridgehead atoms. The summed E-state index contributed by atoms with van der Waals surface area (Å²) in [5.74, 6) is 0.460. The highest BCUT2D eigenvalue weighted by atomic mass is 15.1. The van der Waals surface area contributed by atoms with Gasteiger partial charge in [-0.2, -0.15) is 9.97 Å². The minimum Gasteiger partial charge on any atom is -0.383 e. The van der Waals surface area contributed by atoms with Crippen LogP contribution in [0.25, 0.3) is 23.2 Å². The normalized spacial score (nSPS) is 11.2. The largest absolute Gasteiger partial charge is 0.383 e. The lowest BCUT2D eigenvalue weighted by atomic mass is 10.1. The summed E-state index contributed by atoms with van der Waals surface area (Å²) in [5, 5.41) is 0.691. The van der Waals surface area contributed by atoms with Gasteiger partial charge in [-0.25, -0.2) is 4.98 Å². The molecule has 0 radical (unpaired) electrons. The van der Waals surface area contributed by atoms with E-state index in [4.69, 9.17) is 11.5 Å². The van der Waals surface area contributed by atoms with Gasteiger partial charge in [0.2, 0.25) is 5.95 Å². The third-order valence-corrected chi connectivity index (χ3v) is 2.79. The fourth-order valence-electron chi connectivity index (χ4n) is 1.83. The first-order valence-corrected chi connectivity index (χ1v) is 5.99. The number of nitrogens with two attached hydrogens (primary N) is 2. The summed E-state index contributed by atoms with van der Waals surface area (Å²) in [5.41, 5.74) is 13.8. The molecule has 0 aliphatic carbocycles. The number of fused-ring (bicyclic) bond motifs is 1. The van der Waals surface area contributed by atoms with Gasteiger partial charge in [-0.3, -0.25) is 4.98 Å². The molecule has 0 aliphatic rings. The monoisotopic (exact) mass is 264 g/mol. The van der Waals surface area contributed by atoms with E-state index < -0.39 is 0 Å². The van der Waals surface area contributed by atoms with E-state index in [-0.39, 0.29) is 5.95 Å². The summed E-state index contributed by atoms with van der Waals surface area (Å²) in [6.07, 6.45) is 9.11. The van der Waals surface area contributed by atoms with Crippen molar-refractivity contribution < 1.29 is 0 Å². The van der Waals surface area contributed by atoms with Crippen LogP contribution < -0.4 is 11.5 Å². The van der Waals surface area contributed by atoms with E-state index in [2.05, 4.69) is 19.9 Å². The molecule has 0 spiro atoms. The maximum atomic E-state index is 5.83. The quantitative estimate of drug-likeness (QED) is 0.730. The second-order valence-corrected chi connectivity index (χ2v) is 4.22. The Bertz CT molecular complexity index is 782. The number of aromatic nitrogens is 4. The van der Waals surface area contributed by atoms with Gasteiger partial charge >= 0.3 is 0 Å². The first kappa shape index (κ1) is 12.0. The molecule has 0 saturated carbocycles. The molecular formula is C14H12N6. The predicted octanol–water partition coefficient (Wildman–Crippen LogP) is 1.75. The van der Waals surface area contributed by atoms with Crippen LogP contribution in [0.1, 0.15) is 11.1 Å². The van der Waals surface area contributed by atoms with Crippen LogP contribution in [-0.2, 0) is 0 Å². The van der Waals surface area contributed by atoms with Crippen molar-refractivity contribution in [3.63, 3.8) is 0 Å². The van der Waals surface area contributed by atoms with Crippen LogP contribution in [0.4, 0.5) is 11.8 Å². The predicted molar refractivity (Wildman–Crippen MR) is 79.3 cm³/mol. The number of nitrogen functional groups attached to an aromatic ring is 2. The summed E-state index contributed by atoms with van der Waals surface area (Å²) in [6, 6.07) is 5.72. The number of hydrogen-bond donors (Lipinski definition) is 2. The van der Waals surface area contributed by atoms with Crippen LogP contribution >= 0.6 is 0 Å². The van der Waals surface area contributed by atoms with E-state index in [0.717, 1.165) is 11.1 Å². The molecule has 0 fully saturated rings. The number of nitrogens with zero attached hydrogens (tertiary/aromatic N) is 4. The zero-order valence-electron chi connectivity index (χ0n) is 10.6. The zero-order chi connectivity index (χ0) is 13.9. The van der Waals surface area contributed by atoms with Crippen molar-refractivity contribution in [2.75, 3.05) is 11.5 Å².